The summed E-state index contributed by atoms with van der Waals surface area (Å²) in [7, 11) is 1.61. The molecule has 18 heavy (non-hydrogen) atoms. The fourth-order valence-electron chi connectivity index (χ4n) is 1.91. The molecule has 0 saturated heterocycles. The molecule has 0 saturated carbocycles. The molecule has 0 fully saturated rings. The molecule has 3 nitrogen and oxygen atoms in total. The molecule has 1 aromatic carbocycles. The second kappa shape index (κ2) is 5.08. The second-order valence-corrected chi connectivity index (χ2v) is 4.36. The van der Waals surface area contributed by atoms with Crippen molar-refractivity contribution in [2.45, 2.75) is 20.3 Å². The molecule has 0 aliphatic carbocycles. The van der Waals surface area contributed by atoms with Crippen LogP contribution in [0.15, 0.2) is 34.9 Å². The average Bonchev–Trinajstić information content (AvgIpc) is 2.76. The van der Waals surface area contributed by atoms with Crippen molar-refractivity contribution in [3.63, 3.8) is 0 Å². The molecular weight excluding hydrogens is 228 g/mol. The molecule has 2 aromatic rings. The van der Waals surface area contributed by atoms with Crippen molar-refractivity contribution < 1.29 is 13.9 Å². The summed E-state index contributed by atoms with van der Waals surface area (Å²) in [5.41, 5.74) is 2.62. The van der Waals surface area contributed by atoms with Gasteiger partial charge in [-0.2, -0.15) is 0 Å². The molecule has 0 spiro atoms. The van der Waals surface area contributed by atoms with E-state index in [-0.39, 0.29) is 5.78 Å². The van der Waals surface area contributed by atoms with Gasteiger partial charge >= 0.3 is 0 Å². The number of Topliss-reactive ketones (excluding diaryl/α,β-unsaturated/α-hetero) is 1. The van der Waals surface area contributed by atoms with E-state index in [0.717, 1.165) is 22.6 Å². The maximum atomic E-state index is 12.1. The molecule has 0 aliphatic rings. The van der Waals surface area contributed by atoms with Crippen molar-refractivity contribution in [1.29, 1.82) is 0 Å². The monoisotopic (exact) mass is 244 g/mol. The highest BCUT2D eigenvalue weighted by molar-refractivity contribution is 5.97. The highest BCUT2D eigenvalue weighted by Gasteiger charge is 2.13. The van der Waals surface area contributed by atoms with Crippen LogP contribution in [0.5, 0.6) is 5.75 Å². The standard InChI is InChI=1S/C15H16O3/c1-10-4-5-15(17-3)12(6-10)8-14(16)13-7-11(2)18-9-13/h4-7,9H,8H2,1-3H3. The summed E-state index contributed by atoms with van der Waals surface area (Å²) >= 11 is 0. The van der Waals surface area contributed by atoms with Crippen LogP contribution in [0.4, 0.5) is 0 Å². The van der Waals surface area contributed by atoms with Gasteiger partial charge in [0.2, 0.25) is 0 Å². The largest absolute Gasteiger partial charge is 0.496 e. The molecule has 0 aliphatic heterocycles. The Morgan fingerprint density at radius 1 is 1.28 bits per heavy atom. The first-order chi connectivity index (χ1) is 8.60. The third-order valence-electron chi connectivity index (χ3n) is 2.84. The third-order valence-corrected chi connectivity index (χ3v) is 2.84. The van der Waals surface area contributed by atoms with Crippen LogP contribution in [0, 0.1) is 13.8 Å². The predicted molar refractivity (Wildman–Crippen MR) is 69.2 cm³/mol. The SMILES string of the molecule is COc1ccc(C)cc1CC(=O)c1coc(C)c1. The Morgan fingerprint density at radius 2 is 2.06 bits per heavy atom. The van der Waals surface area contributed by atoms with Crippen LogP contribution in [0.3, 0.4) is 0 Å². The van der Waals surface area contributed by atoms with Crippen molar-refractivity contribution >= 4 is 5.78 Å². The van der Waals surface area contributed by atoms with Gasteiger partial charge in [-0.15, -0.1) is 0 Å². The van der Waals surface area contributed by atoms with E-state index in [1.165, 1.54) is 6.26 Å². The van der Waals surface area contributed by atoms with Crippen molar-refractivity contribution in [2.24, 2.45) is 0 Å². The Morgan fingerprint density at radius 3 is 2.67 bits per heavy atom. The van der Waals surface area contributed by atoms with Gasteiger partial charge in [-0.25, -0.2) is 0 Å². The fourth-order valence-corrected chi connectivity index (χ4v) is 1.91. The molecule has 1 heterocycles. The average molecular weight is 244 g/mol. The second-order valence-electron chi connectivity index (χ2n) is 4.36. The number of carbonyl (C=O) groups is 1. The van der Waals surface area contributed by atoms with E-state index < -0.39 is 0 Å². The van der Waals surface area contributed by atoms with Gasteiger partial charge in [0.25, 0.3) is 0 Å². The lowest BCUT2D eigenvalue weighted by Gasteiger charge is -2.08. The van der Waals surface area contributed by atoms with Gasteiger partial charge in [0.1, 0.15) is 17.8 Å². The van der Waals surface area contributed by atoms with E-state index in [4.69, 9.17) is 9.15 Å². The predicted octanol–water partition coefficient (Wildman–Crippen LogP) is 3.33. The van der Waals surface area contributed by atoms with Crippen LogP contribution in [0.1, 0.15) is 27.2 Å². The number of carbonyl (C=O) groups excluding carboxylic acids is 1. The Kier molecular flexibility index (Phi) is 3.51. The molecule has 0 bridgehead atoms. The van der Waals surface area contributed by atoms with E-state index in [2.05, 4.69) is 0 Å². The van der Waals surface area contributed by atoms with Crippen molar-refractivity contribution in [2.75, 3.05) is 7.11 Å². The number of aryl methyl sites for hydroxylation is 2. The first kappa shape index (κ1) is 12.4. The summed E-state index contributed by atoms with van der Waals surface area (Å²) < 4.78 is 10.4. The first-order valence-electron chi connectivity index (χ1n) is 5.82. The van der Waals surface area contributed by atoms with Gasteiger partial charge in [0, 0.05) is 12.0 Å². The van der Waals surface area contributed by atoms with Crippen LogP contribution in [0.2, 0.25) is 0 Å². The number of benzene rings is 1. The smallest absolute Gasteiger partial charge is 0.170 e. The zero-order valence-corrected chi connectivity index (χ0v) is 10.8. The van der Waals surface area contributed by atoms with E-state index in [1.54, 1.807) is 13.2 Å². The molecule has 0 atom stereocenters. The summed E-state index contributed by atoms with van der Waals surface area (Å²) in [5.74, 6) is 1.53. The fraction of sp³-hybridized carbons (Fsp3) is 0.267. The molecule has 0 amide bonds. The Labute approximate surface area is 106 Å². The topological polar surface area (TPSA) is 39.4 Å². The molecule has 1 aromatic heterocycles. The lowest BCUT2D eigenvalue weighted by molar-refractivity contribution is 0.0991. The summed E-state index contributed by atoms with van der Waals surface area (Å²) in [6, 6.07) is 7.58. The Balaban J connectivity index is 2.23. The van der Waals surface area contributed by atoms with Crippen LogP contribution in [0.25, 0.3) is 0 Å². The van der Waals surface area contributed by atoms with Crippen molar-refractivity contribution in [3.8, 4) is 5.75 Å². The highest BCUT2D eigenvalue weighted by Crippen LogP contribution is 2.22. The lowest BCUT2D eigenvalue weighted by Crippen LogP contribution is -2.04. The van der Waals surface area contributed by atoms with Crippen LogP contribution in [-0.4, -0.2) is 12.9 Å². The minimum Gasteiger partial charge on any atom is -0.496 e. The van der Waals surface area contributed by atoms with Crippen molar-refractivity contribution in [1.82, 2.24) is 0 Å². The first-order valence-corrected chi connectivity index (χ1v) is 5.82. The maximum absolute atomic E-state index is 12.1. The highest BCUT2D eigenvalue weighted by atomic mass is 16.5. The Hall–Kier alpha value is -2.03. The summed E-state index contributed by atoms with van der Waals surface area (Å²) in [5, 5.41) is 0. The summed E-state index contributed by atoms with van der Waals surface area (Å²) in [6.45, 7) is 3.82. The zero-order valence-electron chi connectivity index (χ0n) is 10.8. The summed E-state index contributed by atoms with van der Waals surface area (Å²) in [6.07, 6.45) is 1.82. The number of hydrogen-bond acceptors (Lipinski definition) is 3. The molecule has 2 rings (SSSR count). The minimum absolute atomic E-state index is 0.0377. The number of rotatable bonds is 4. The van der Waals surface area contributed by atoms with Crippen LogP contribution < -0.4 is 4.74 Å². The van der Waals surface area contributed by atoms with Crippen LogP contribution >= 0.6 is 0 Å². The number of hydrogen-bond donors (Lipinski definition) is 0. The quantitative estimate of drug-likeness (QED) is 0.774. The normalized spacial score (nSPS) is 10.4. The minimum atomic E-state index is 0.0377. The number of ketones is 1. The van der Waals surface area contributed by atoms with Gasteiger partial charge in [0.15, 0.2) is 5.78 Å². The summed E-state index contributed by atoms with van der Waals surface area (Å²) in [4.78, 5) is 12.1. The van der Waals surface area contributed by atoms with Gasteiger partial charge < -0.3 is 9.15 Å². The zero-order chi connectivity index (χ0) is 13.1. The van der Waals surface area contributed by atoms with Gasteiger partial charge in [-0.1, -0.05) is 17.7 Å². The molecule has 0 N–H and O–H groups in total. The maximum Gasteiger partial charge on any atom is 0.170 e. The molecule has 3 heteroatoms. The number of furan rings is 1. The third kappa shape index (κ3) is 2.62. The molecular formula is C15H16O3. The molecule has 0 unspecified atom stereocenters. The molecule has 0 radical (unpaired) electrons. The number of ether oxygens (including phenoxy) is 1. The van der Waals surface area contributed by atoms with E-state index in [1.807, 2.05) is 32.0 Å². The van der Waals surface area contributed by atoms with Gasteiger partial charge in [-0.05, 0) is 26.0 Å². The molecule has 94 valence electrons. The van der Waals surface area contributed by atoms with Crippen molar-refractivity contribution in [3.05, 3.63) is 53.0 Å². The van der Waals surface area contributed by atoms with E-state index >= 15 is 0 Å². The van der Waals surface area contributed by atoms with Crippen LogP contribution in [-0.2, 0) is 6.42 Å². The number of methoxy groups -OCH3 is 1. The van der Waals surface area contributed by atoms with E-state index in [0.29, 0.717) is 12.0 Å². The van der Waals surface area contributed by atoms with E-state index in [9.17, 15) is 4.79 Å². The Bertz CT molecular complexity index is 567. The lowest BCUT2D eigenvalue weighted by atomic mass is 10.0. The van der Waals surface area contributed by atoms with Gasteiger partial charge in [0.05, 0.1) is 12.7 Å². The van der Waals surface area contributed by atoms with Gasteiger partial charge in [-0.3, -0.25) is 4.79 Å².